The lowest BCUT2D eigenvalue weighted by atomic mass is 10.1. The smallest absolute Gasteiger partial charge is 0.124 e. The molecule has 0 spiro atoms. The second-order valence-electron chi connectivity index (χ2n) is 5.00. The lowest BCUT2D eigenvalue weighted by Crippen LogP contribution is -2.18. The highest BCUT2D eigenvalue weighted by Crippen LogP contribution is 2.25. The van der Waals surface area contributed by atoms with Crippen LogP contribution in [0.5, 0.6) is 5.75 Å². The van der Waals surface area contributed by atoms with E-state index in [1.807, 2.05) is 31.2 Å². The van der Waals surface area contributed by atoms with Crippen LogP contribution in [0.3, 0.4) is 0 Å². The van der Waals surface area contributed by atoms with Crippen LogP contribution >= 0.6 is 31.9 Å². The van der Waals surface area contributed by atoms with E-state index in [0.717, 1.165) is 27.8 Å². The minimum absolute atomic E-state index is 0.0463. The second kappa shape index (κ2) is 7.38. The third-order valence-electron chi connectivity index (χ3n) is 2.88. The molecule has 0 aromatic heterocycles. The molecule has 2 nitrogen and oxygen atoms in total. The Hall–Kier alpha value is -0.910. The quantitative estimate of drug-likeness (QED) is 0.758. The van der Waals surface area contributed by atoms with E-state index in [9.17, 15) is 4.39 Å². The standard InChI is InChI=1S/C16H16Br2FNO/c1-10(20)4-12-7-13(17)2-3-16(12)21-9-11-5-14(18)8-15(19)6-11/h2-3,5-8,10H,4,9,20H2,1H3. The summed E-state index contributed by atoms with van der Waals surface area (Å²) < 4.78 is 20.9. The van der Waals surface area contributed by atoms with Crippen molar-refractivity contribution in [2.75, 3.05) is 0 Å². The van der Waals surface area contributed by atoms with Crippen molar-refractivity contribution in [2.45, 2.75) is 26.0 Å². The largest absolute Gasteiger partial charge is 0.489 e. The molecule has 0 aliphatic rings. The van der Waals surface area contributed by atoms with Gasteiger partial charge in [-0.2, -0.15) is 0 Å². The van der Waals surface area contributed by atoms with Gasteiger partial charge in [-0.1, -0.05) is 31.9 Å². The fraction of sp³-hybridized carbons (Fsp3) is 0.250. The molecule has 0 bridgehead atoms. The lowest BCUT2D eigenvalue weighted by Gasteiger charge is -2.14. The monoisotopic (exact) mass is 415 g/mol. The first-order valence-electron chi connectivity index (χ1n) is 6.56. The first kappa shape index (κ1) is 16.5. The molecule has 0 heterocycles. The Labute approximate surface area is 140 Å². The van der Waals surface area contributed by atoms with Crippen molar-refractivity contribution in [3.8, 4) is 5.75 Å². The van der Waals surface area contributed by atoms with E-state index in [2.05, 4.69) is 31.9 Å². The fourth-order valence-corrected chi connectivity index (χ4v) is 2.97. The van der Waals surface area contributed by atoms with Crippen molar-refractivity contribution in [1.29, 1.82) is 0 Å². The maximum atomic E-state index is 13.3. The Balaban J connectivity index is 2.15. The van der Waals surface area contributed by atoms with E-state index in [0.29, 0.717) is 11.1 Å². The zero-order chi connectivity index (χ0) is 15.4. The van der Waals surface area contributed by atoms with Crippen LogP contribution in [-0.4, -0.2) is 6.04 Å². The van der Waals surface area contributed by atoms with Gasteiger partial charge in [-0.25, -0.2) is 4.39 Å². The third-order valence-corrected chi connectivity index (χ3v) is 3.83. The summed E-state index contributed by atoms with van der Waals surface area (Å²) in [6.07, 6.45) is 0.724. The van der Waals surface area contributed by atoms with Crippen molar-refractivity contribution in [1.82, 2.24) is 0 Å². The number of hydrogen-bond acceptors (Lipinski definition) is 2. The third kappa shape index (κ3) is 5.09. The molecule has 2 aromatic rings. The Morgan fingerprint density at radius 1 is 1.14 bits per heavy atom. The van der Waals surface area contributed by atoms with Crippen molar-refractivity contribution in [3.63, 3.8) is 0 Å². The predicted molar refractivity (Wildman–Crippen MR) is 89.9 cm³/mol. The van der Waals surface area contributed by atoms with E-state index in [4.69, 9.17) is 10.5 Å². The first-order chi connectivity index (χ1) is 9.94. The van der Waals surface area contributed by atoms with E-state index in [1.54, 1.807) is 0 Å². The van der Waals surface area contributed by atoms with Gasteiger partial charge in [0.25, 0.3) is 0 Å². The van der Waals surface area contributed by atoms with Gasteiger partial charge in [0.1, 0.15) is 18.2 Å². The maximum absolute atomic E-state index is 13.3. The molecule has 0 saturated carbocycles. The highest BCUT2D eigenvalue weighted by molar-refractivity contribution is 9.10. The first-order valence-corrected chi connectivity index (χ1v) is 8.14. The minimum Gasteiger partial charge on any atom is -0.489 e. The van der Waals surface area contributed by atoms with Crippen molar-refractivity contribution in [3.05, 3.63) is 62.3 Å². The van der Waals surface area contributed by atoms with Gasteiger partial charge in [0.15, 0.2) is 0 Å². The van der Waals surface area contributed by atoms with Gasteiger partial charge in [0.05, 0.1) is 0 Å². The fourth-order valence-electron chi connectivity index (χ4n) is 2.05. The summed E-state index contributed by atoms with van der Waals surface area (Å²) in [6.45, 7) is 2.26. The molecule has 2 aromatic carbocycles. The molecule has 1 atom stereocenters. The Morgan fingerprint density at radius 2 is 1.90 bits per heavy atom. The van der Waals surface area contributed by atoms with Gasteiger partial charge in [-0.3, -0.25) is 0 Å². The average molecular weight is 417 g/mol. The van der Waals surface area contributed by atoms with Crippen LogP contribution in [0, 0.1) is 5.82 Å². The summed E-state index contributed by atoms with van der Waals surface area (Å²) in [4.78, 5) is 0. The molecule has 5 heteroatoms. The van der Waals surface area contributed by atoms with Gasteiger partial charge in [-0.05, 0) is 60.9 Å². The van der Waals surface area contributed by atoms with E-state index < -0.39 is 0 Å². The van der Waals surface area contributed by atoms with Crippen LogP contribution in [0.1, 0.15) is 18.1 Å². The molecule has 0 fully saturated rings. The summed E-state index contributed by atoms with van der Waals surface area (Å²) in [7, 11) is 0. The molecule has 2 rings (SSSR count). The van der Waals surface area contributed by atoms with Gasteiger partial charge in [0.2, 0.25) is 0 Å². The molecule has 21 heavy (non-hydrogen) atoms. The average Bonchev–Trinajstić information content (AvgIpc) is 2.36. The molecule has 0 saturated heterocycles. The molecule has 0 aliphatic heterocycles. The van der Waals surface area contributed by atoms with E-state index >= 15 is 0 Å². The van der Waals surface area contributed by atoms with Crippen molar-refractivity contribution in [2.24, 2.45) is 5.73 Å². The van der Waals surface area contributed by atoms with Gasteiger partial charge < -0.3 is 10.5 Å². The Morgan fingerprint density at radius 3 is 2.57 bits per heavy atom. The lowest BCUT2D eigenvalue weighted by molar-refractivity contribution is 0.301. The van der Waals surface area contributed by atoms with Crippen LogP contribution in [0.25, 0.3) is 0 Å². The van der Waals surface area contributed by atoms with Crippen LogP contribution in [-0.2, 0) is 13.0 Å². The molecule has 1 unspecified atom stereocenters. The van der Waals surface area contributed by atoms with Crippen LogP contribution in [0.4, 0.5) is 4.39 Å². The molecule has 112 valence electrons. The number of ether oxygens (including phenoxy) is 1. The molecular formula is C16H16Br2FNO. The molecular weight excluding hydrogens is 401 g/mol. The normalized spacial score (nSPS) is 12.2. The topological polar surface area (TPSA) is 35.2 Å². The summed E-state index contributed by atoms with van der Waals surface area (Å²) >= 11 is 6.73. The molecule has 0 amide bonds. The van der Waals surface area contributed by atoms with Gasteiger partial charge in [-0.15, -0.1) is 0 Å². The van der Waals surface area contributed by atoms with Gasteiger partial charge in [0, 0.05) is 15.0 Å². The molecule has 0 aliphatic carbocycles. The minimum atomic E-state index is -0.283. The van der Waals surface area contributed by atoms with E-state index in [1.165, 1.54) is 12.1 Å². The predicted octanol–water partition coefficient (Wildman–Crippen LogP) is 4.82. The molecule has 0 radical (unpaired) electrons. The second-order valence-corrected chi connectivity index (χ2v) is 6.83. The number of halogens is 3. The number of rotatable bonds is 5. The number of nitrogens with two attached hydrogens (primary N) is 1. The Bertz CT molecular complexity index is 611. The van der Waals surface area contributed by atoms with Crippen LogP contribution in [0.15, 0.2) is 45.3 Å². The summed E-state index contributed by atoms with van der Waals surface area (Å²) in [5.74, 6) is 0.491. The number of benzene rings is 2. The van der Waals surface area contributed by atoms with Crippen LogP contribution in [0.2, 0.25) is 0 Å². The zero-order valence-electron chi connectivity index (χ0n) is 11.6. The SMILES string of the molecule is CC(N)Cc1cc(Br)ccc1OCc1cc(F)cc(Br)c1. The van der Waals surface area contributed by atoms with Crippen LogP contribution < -0.4 is 10.5 Å². The van der Waals surface area contributed by atoms with Crippen molar-refractivity contribution >= 4 is 31.9 Å². The van der Waals surface area contributed by atoms with Gasteiger partial charge >= 0.3 is 0 Å². The van der Waals surface area contributed by atoms with Crippen molar-refractivity contribution < 1.29 is 9.13 Å². The van der Waals surface area contributed by atoms with E-state index in [-0.39, 0.29) is 11.9 Å². The highest BCUT2D eigenvalue weighted by atomic mass is 79.9. The Kier molecular flexibility index (Phi) is 5.79. The maximum Gasteiger partial charge on any atom is 0.124 e. The zero-order valence-corrected chi connectivity index (χ0v) is 14.7. The summed E-state index contributed by atoms with van der Waals surface area (Å²) in [5, 5.41) is 0. The summed E-state index contributed by atoms with van der Waals surface area (Å²) in [5.41, 5.74) is 7.68. The summed E-state index contributed by atoms with van der Waals surface area (Å²) in [6, 6.07) is 10.6. The highest BCUT2D eigenvalue weighted by Gasteiger charge is 2.08. The number of hydrogen-bond donors (Lipinski definition) is 1. The molecule has 2 N–H and O–H groups in total.